The van der Waals surface area contributed by atoms with Gasteiger partial charge in [-0.15, -0.1) is 11.3 Å². The van der Waals surface area contributed by atoms with Crippen molar-refractivity contribution in [3.63, 3.8) is 0 Å². The maximum Gasteiger partial charge on any atom is 0.291 e. The molecule has 156 valence electrons. The number of thiazole rings is 1. The summed E-state index contributed by atoms with van der Waals surface area (Å²) < 4.78 is 10.3. The van der Waals surface area contributed by atoms with E-state index in [-0.39, 0.29) is 17.6 Å². The van der Waals surface area contributed by atoms with Crippen molar-refractivity contribution in [2.45, 2.75) is 6.92 Å². The maximum atomic E-state index is 12.7. The molecule has 0 bridgehead atoms. The van der Waals surface area contributed by atoms with E-state index in [1.165, 1.54) is 17.6 Å². The number of methoxy groups -OCH3 is 1. The van der Waals surface area contributed by atoms with Crippen LogP contribution in [0.25, 0.3) is 11.3 Å². The topological polar surface area (TPSA) is 93.5 Å². The van der Waals surface area contributed by atoms with Crippen molar-refractivity contribution >= 4 is 34.0 Å². The minimum Gasteiger partial charge on any atom is -0.497 e. The van der Waals surface area contributed by atoms with Crippen molar-refractivity contribution in [3.05, 3.63) is 83.1 Å². The summed E-state index contributed by atoms with van der Waals surface area (Å²) in [5, 5.41) is 7.94. The van der Waals surface area contributed by atoms with E-state index in [0.717, 1.165) is 22.6 Å². The molecule has 0 aliphatic heterocycles. The number of benzene rings is 2. The van der Waals surface area contributed by atoms with E-state index < -0.39 is 0 Å². The van der Waals surface area contributed by atoms with Gasteiger partial charge >= 0.3 is 0 Å². The van der Waals surface area contributed by atoms with Gasteiger partial charge in [-0.25, -0.2) is 4.98 Å². The van der Waals surface area contributed by atoms with E-state index in [1.807, 2.05) is 36.6 Å². The van der Waals surface area contributed by atoms with Crippen LogP contribution in [0.2, 0.25) is 0 Å². The maximum absolute atomic E-state index is 12.7. The number of aromatic nitrogens is 1. The number of furan rings is 1. The third-order valence-corrected chi connectivity index (χ3v) is 5.36. The Bertz CT molecular complexity index is 1210. The third kappa shape index (κ3) is 4.65. The molecule has 4 aromatic rings. The molecule has 0 saturated carbocycles. The fourth-order valence-electron chi connectivity index (χ4n) is 2.88. The van der Waals surface area contributed by atoms with Crippen LogP contribution in [0.15, 0.2) is 70.7 Å². The highest BCUT2D eigenvalue weighted by molar-refractivity contribution is 7.14. The van der Waals surface area contributed by atoms with Gasteiger partial charge in [0.15, 0.2) is 10.9 Å². The molecule has 2 N–H and O–H groups in total. The average Bonchev–Trinajstić information content (AvgIpc) is 3.48. The molecule has 7 nitrogen and oxygen atoms in total. The van der Waals surface area contributed by atoms with Gasteiger partial charge in [0.25, 0.3) is 11.8 Å². The second-order valence-corrected chi connectivity index (χ2v) is 7.54. The number of carbonyl (C=O) groups excluding carboxylic acids is 2. The molecule has 0 aliphatic carbocycles. The minimum absolute atomic E-state index is 0.197. The second-order valence-electron chi connectivity index (χ2n) is 6.68. The first-order chi connectivity index (χ1) is 15.0. The lowest BCUT2D eigenvalue weighted by atomic mass is 10.1. The summed E-state index contributed by atoms with van der Waals surface area (Å²) in [5.41, 5.74) is 3.45. The van der Waals surface area contributed by atoms with Crippen LogP contribution in [0.3, 0.4) is 0 Å². The Kier molecular flexibility index (Phi) is 5.81. The summed E-state index contributed by atoms with van der Waals surface area (Å²) in [4.78, 5) is 29.5. The van der Waals surface area contributed by atoms with Gasteiger partial charge in [-0.3, -0.25) is 14.9 Å². The first-order valence-electron chi connectivity index (χ1n) is 9.40. The number of nitrogens with one attached hydrogen (secondary N) is 2. The van der Waals surface area contributed by atoms with Crippen LogP contribution in [-0.2, 0) is 0 Å². The molecule has 2 aromatic heterocycles. The van der Waals surface area contributed by atoms with Crippen LogP contribution in [0.5, 0.6) is 5.75 Å². The van der Waals surface area contributed by atoms with Gasteiger partial charge in [0.2, 0.25) is 0 Å². The van der Waals surface area contributed by atoms with E-state index in [0.29, 0.717) is 16.4 Å². The summed E-state index contributed by atoms with van der Waals surface area (Å²) >= 11 is 1.34. The minimum atomic E-state index is -0.380. The number of rotatable bonds is 6. The van der Waals surface area contributed by atoms with Crippen LogP contribution < -0.4 is 15.4 Å². The quantitative estimate of drug-likeness (QED) is 0.435. The SMILES string of the molecule is COc1ccc(-c2csc(NC(=O)c3ccc(C)c(NC(=O)c4ccco4)c3)n2)cc1. The molecule has 2 heterocycles. The van der Waals surface area contributed by atoms with Crippen LogP contribution in [0, 0.1) is 6.92 Å². The van der Waals surface area contributed by atoms with Gasteiger partial charge in [-0.1, -0.05) is 6.07 Å². The van der Waals surface area contributed by atoms with Crippen LogP contribution in [-0.4, -0.2) is 23.9 Å². The number of amides is 2. The van der Waals surface area contributed by atoms with Crippen molar-refractivity contribution in [2.75, 3.05) is 17.7 Å². The Labute approximate surface area is 182 Å². The average molecular weight is 433 g/mol. The molecule has 2 amide bonds. The van der Waals surface area contributed by atoms with Crippen molar-refractivity contribution in [1.82, 2.24) is 4.98 Å². The number of hydrogen-bond acceptors (Lipinski definition) is 6. The molecule has 0 unspecified atom stereocenters. The van der Waals surface area contributed by atoms with Gasteiger partial charge in [-0.2, -0.15) is 0 Å². The highest BCUT2D eigenvalue weighted by Crippen LogP contribution is 2.27. The number of carbonyl (C=O) groups is 2. The van der Waals surface area contributed by atoms with Crippen molar-refractivity contribution < 1.29 is 18.7 Å². The molecule has 0 atom stereocenters. The Hall–Kier alpha value is -3.91. The van der Waals surface area contributed by atoms with E-state index in [4.69, 9.17) is 9.15 Å². The number of hydrogen-bond donors (Lipinski definition) is 2. The Morgan fingerprint density at radius 1 is 1.03 bits per heavy atom. The molecule has 2 aromatic carbocycles. The molecule has 0 fully saturated rings. The highest BCUT2D eigenvalue weighted by atomic mass is 32.1. The summed E-state index contributed by atoms with van der Waals surface area (Å²) in [6.07, 6.45) is 1.43. The molecule has 0 aliphatic rings. The predicted octanol–water partition coefficient (Wildman–Crippen LogP) is 5.22. The molecular weight excluding hydrogens is 414 g/mol. The van der Waals surface area contributed by atoms with Gasteiger partial charge in [0.05, 0.1) is 19.1 Å². The molecule has 31 heavy (non-hydrogen) atoms. The summed E-state index contributed by atoms with van der Waals surface area (Å²) in [7, 11) is 1.62. The fraction of sp³-hybridized carbons (Fsp3) is 0.0870. The summed E-state index contributed by atoms with van der Waals surface area (Å²) in [6, 6.07) is 15.9. The largest absolute Gasteiger partial charge is 0.497 e. The monoisotopic (exact) mass is 433 g/mol. The summed E-state index contributed by atoms with van der Waals surface area (Å²) in [5.74, 6) is 0.267. The summed E-state index contributed by atoms with van der Waals surface area (Å²) in [6.45, 7) is 1.85. The zero-order chi connectivity index (χ0) is 21.8. The lowest BCUT2D eigenvalue weighted by Crippen LogP contribution is -2.15. The van der Waals surface area contributed by atoms with Crippen molar-refractivity contribution in [3.8, 4) is 17.0 Å². The van der Waals surface area contributed by atoms with Gasteiger partial charge in [-0.05, 0) is 61.0 Å². The Morgan fingerprint density at radius 3 is 2.55 bits per heavy atom. The van der Waals surface area contributed by atoms with E-state index in [9.17, 15) is 9.59 Å². The van der Waals surface area contributed by atoms with Crippen LogP contribution >= 0.6 is 11.3 Å². The van der Waals surface area contributed by atoms with Gasteiger partial charge in [0, 0.05) is 22.2 Å². The Morgan fingerprint density at radius 2 is 1.84 bits per heavy atom. The number of anilines is 2. The lowest BCUT2D eigenvalue weighted by molar-refractivity contribution is 0.0993. The lowest BCUT2D eigenvalue weighted by Gasteiger charge is -2.09. The first kappa shape index (κ1) is 20.4. The Balaban J connectivity index is 1.47. The van der Waals surface area contributed by atoms with Crippen LogP contribution in [0.4, 0.5) is 10.8 Å². The number of aryl methyl sites for hydroxylation is 1. The van der Waals surface area contributed by atoms with E-state index >= 15 is 0 Å². The third-order valence-electron chi connectivity index (χ3n) is 4.60. The molecule has 0 radical (unpaired) electrons. The molecule has 4 rings (SSSR count). The van der Waals surface area contributed by atoms with Crippen LogP contribution in [0.1, 0.15) is 26.5 Å². The zero-order valence-corrected chi connectivity index (χ0v) is 17.7. The first-order valence-corrected chi connectivity index (χ1v) is 10.3. The van der Waals surface area contributed by atoms with Gasteiger partial charge in [0.1, 0.15) is 5.75 Å². The zero-order valence-electron chi connectivity index (χ0n) is 16.8. The second kappa shape index (κ2) is 8.85. The fourth-order valence-corrected chi connectivity index (χ4v) is 3.60. The molecular formula is C23H19N3O4S. The van der Waals surface area contributed by atoms with E-state index in [1.54, 1.807) is 37.4 Å². The van der Waals surface area contributed by atoms with Gasteiger partial charge < -0.3 is 14.5 Å². The number of ether oxygens (including phenoxy) is 1. The van der Waals surface area contributed by atoms with Crippen molar-refractivity contribution in [1.29, 1.82) is 0 Å². The highest BCUT2D eigenvalue weighted by Gasteiger charge is 2.14. The number of nitrogens with zero attached hydrogens (tertiary/aromatic N) is 1. The molecule has 0 spiro atoms. The van der Waals surface area contributed by atoms with Crippen molar-refractivity contribution in [2.24, 2.45) is 0 Å². The molecule has 0 saturated heterocycles. The standard InChI is InChI=1S/C23H19N3O4S/c1-14-5-6-16(12-18(14)24-22(28)20-4-3-11-30-20)21(27)26-23-25-19(13-31-23)15-7-9-17(29-2)10-8-15/h3-13H,1-2H3,(H,24,28)(H,25,26,27). The smallest absolute Gasteiger partial charge is 0.291 e. The van der Waals surface area contributed by atoms with E-state index in [2.05, 4.69) is 15.6 Å². The predicted molar refractivity (Wildman–Crippen MR) is 120 cm³/mol. The molecule has 8 heteroatoms. The normalized spacial score (nSPS) is 10.5.